The molecule has 2 aliphatic carbocycles. The molecule has 2 saturated carbocycles. The van der Waals surface area contributed by atoms with Gasteiger partial charge in [-0.3, -0.25) is 4.79 Å². The Morgan fingerprint density at radius 3 is 2.33 bits per heavy atom. The summed E-state index contributed by atoms with van der Waals surface area (Å²) in [5.41, 5.74) is -0.207. The lowest BCUT2D eigenvalue weighted by atomic mass is 9.72. The van der Waals surface area contributed by atoms with Gasteiger partial charge in [0.15, 0.2) is 0 Å². The van der Waals surface area contributed by atoms with Crippen molar-refractivity contribution in [1.29, 1.82) is 0 Å². The number of rotatable bonds is 7. The molecule has 33 heavy (non-hydrogen) atoms. The third-order valence-electron chi connectivity index (χ3n) is 6.97. The quantitative estimate of drug-likeness (QED) is 0.568. The van der Waals surface area contributed by atoms with Gasteiger partial charge in [-0.25, -0.2) is 9.11 Å². The Bertz CT molecular complexity index is 1010. The maximum Gasteiger partial charge on any atom is 0.391 e. The fraction of sp³-hybridized carbons (Fsp3) is 0.682. The van der Waals surface area contributed by atoms with Crippen LogP contribution >= 0.6 is 0 Å². The van der Waals surface area contributed by atoms with E-state index in [1.165, 1.54) is 6.07 Å². The molecule has 3 fully saturated rings. The van der Waals surface area contributed by atoms with Crippen LogP contribution in [0.25, 0.3) is 0 Å². The van der Waals surface area contributed by atoms with E-state index in [9.17, 15) is 30.8 Å². The number of amides is 1. The minimum atomic E-state index is -4.19. The van der Waals surface area contributed by atoms with Crippen LogP contribution in [-0.4, -0.2) is 44.5 Å². The largest absolute Gasteiger partial charge is 0.493 e. The zero-order valence-corrected chi connectivity index (χ0v) is 19.2. The van der Waals surface area contributed by atoms with Crippen LogP contribution in [0.5, 0.6) is 5.75 Å². The molecule has 1 heterocycles. The van der Waals surface area contributed by atoms with Gasteiger partial charge in [-0.15, -0.1) is 0 Å². The lowest BCUT2D eigenvalue weighted by Crippen LogP contribution is -2.49. The number of alkyl halides is 3. The lowest BCUT2D eigenvalue weighted by molar-refractivity contribution is -0.187. The molecule has 1 amide bonds. The third-order valence-corrected chi connectivity index (χ3v) is 8.46. The van der Waals surface area contributed by atoms with Crippen LogP contribution in [0.4, 0.5) is 17.6 Å². The SMILES string of the molecule is CC1(COc2cc(F)c(C(=O)NS(=O)(=O)N3CCC3)cc2C2CC2)CCC(C(F)(F)F)CC1. The van der Waals surface area contributed by atoms with E-state index in [0.29, 0.717) is 37.9 Å². The van der Waals surface area contributed by atoms with Crippen molar-refractivity contribution in [2.24, 2.45) is 11.3 Å². The highest BCUT2D eigenvalue weighted by Crippen LogP contribution is 2.47. The number of ether oxygens (including phenoxy) is 1. The molecule has 184 valence electrons. The maximum absolute atomic E-state index is 14.8. The van der Waals surface area contributed by atoms with Gasteiger partial charge < -0.3 is 4.74 Å². The third kappa shape index (κ3) is 5.45. The van der Waals surface area contributed by atoms with Gasteiger partial charge in [0, 0.05) is 24.6 Å². The zero-order chi connectivity index (χ0) is 24.0. The topological polar surface area (TPSA) is 75.7 Å². The number of nitrogens with one attached hydrogen (secondary N) is 1. The highest BCUT2D eigenvalue weighted by atomic mass is 32.2. The second kappa shape index (κ2) is 8.72. The van der Waals surface area contributed by atoms with Crippen molar-refractivity contribution in [3.8, 4) is 5.75 Å². The Morgan fingerprint density at radius 2 is 1.82 bits per heavy atom. The monoisotopic (exact) mass is 492 g/mol. The number of hydrogen-bond acceptors (Lipinski definition) is 4. The molecule has 1 N–H and O–H groups in total. The van der Waals surface area contributed by atoms with Gasteiger partial charge >= 0.3 is 16.4 Å². The van der Waals surface area contributed by atoms with Crippen LogP contribution in [0.2, 0.25) is 0 Å². The van der Waals surface area contributed by atoms with Gasteiger partial charge in [0.2, 0.25) is 0 Å². The van der Waals surface area contributed by atoms with Crippen molar-refractivity contribution >= 4 is 16.1 Å². The van der Waals surface area contributed by atoms with Crippen molar-refractivity contribution in [3.63, 3.8) is 0 Å². The number of carbonyl (C=O) groups excluding carboxylic acids is 1. The van der Waals surface area contributed by atoms with Crippen molar-refractivity contribution in [3.05, 3.63) is 29.1 Å². The Labute approximate surface area is 190 Å². The van der Waals surface area contributed by atoms with E-state index >= 15 is 0 Å². The summed E-state index contributed by atoms with van der Waals surface area (Å²) in [5.74, 6) is -2.90. The molecule has 4 rings (SSSR count). The summed E-state index contributed by atoms with van der Waals surface area (Å²) in [5, 5.41) is 0. The Balaban J connectivity index is 1.46. The molecule has 0 bridgehead atoms. The first-order valence-corrected chi connectivity index (χ1v) is 12.7. The van der Waals surface area contributed by atoms with Crippen LogP contribution < -0.4 is 9.46 Å². The number of benzene rings is 1. The minimum Gasteiger partial charge on any atom is -0.493 e. The second-order valence-electron chi connectivity index (χ2n) is 9.75. The number of nitrogens with zero attached hydrogens (tertiary/aromatic N) is 1. The molecule has 6 nitrogen and oxygen atoms in total. The predicted octanol–water partition coefficient (Wildman–Crippen LogP) is 4.52. The molecule has 0 aromatic heterocycles. The van der Waals surface area contributed by atoms with E-state index in [1.54, 1.807) is 0 Å². The van der Waals surface area contributed by atoms with Gasteiger partial charge in [-0.2, -0.15) is 25.9 Å². The van der Waals surface area contributed by atoms with Crippen molar-refractivity contribution in [2.75, 3.05) is 19.7 Å². The van der Waals surface area contributed by atoms with E-state index in [2.05, 4.69) is 0 Å². The molecule has 1 saturated heterocycles. The van der Waals surface area contributed by atoms with E-state index in [0.717, 1.165) is 23.2 Å². The molecule has 0 unspecified atom stereocenters. The van der Waals surface area contributed by atoms with Gasteiger partial charge in [0.05, 0.1) is 18.1 Å². The fourth-order valence-corrected chi connectivity index (χ4v) is 5.60. The number of hydrogen-bond donors (Lipinski definition) is 1. The van der Waals surface area contributed by atoms with Gasteiger partial charge in [-0.05, 0) is 62.5 Å². The first kappa shape index (κ1) is 24.3. The van der Waals surface area contributed by atoms with Gasteiger partial charge in [-0.1, -0.05) is 6.92 Å². The summed E-state index contributed by atoms with van der Waals surface area (Å²) < 4.78 is 87.0. The summed E-state index contributed by atoms with van der Waals surface area (Å²) in [6, 6.07) is 2.43. The first-order valence-electron chi connectivity index (χ1n) is 11.2. The normalized spacial score (nSPS) is 26.5. The van der Waals surface area contributed by atoms with Crippen LogP contribution in [0.3, 0.4) is 0 Å². The Hall–Kier alpha value is -1.88. The van der Waals surface area contributed by atoms with E-state index < -0.39 is 39.4 Å². The molecule has 1 aromatic rings. The summed E-state index contributed by atoms with van der Waals surface area (Å²) >= 11 is 0. The van der Waals surface area contributed by atoms with Crippen LogP contribution in [-0.2, 0) is 10.2 Å². The van der Waals surface area contributed by atoms with Crippen molar-refractivity contribution in [2.45, 2.75) is 64.0 Å². The summed E-state index contributed by atoms with van der Waals surface area (Å²) in [6.07, 6.45) is -1.03. The fourth-order valence-electron chi connectivity index (χ4n) is 4.39. The van der Waals surface area contributed by atoms with Gasteiger partial charge in [0.25, 0.3) is 5.91 Å². The average Bonchev–Trinajstić information content (AvgIpc) is 3.48. The molecule has 0 radical (unpaired) electrons. The molecule has 0 spiro atoms. The van der Waals surface area contributed by atoms with Crippen LogP contribution in [0.1, 0.15) is 73.7 Å². The molecule has 1 aromatic carbocycles. The zero-order valence-electron chi connectivity index (χ0n) is 18.4. The Kier molecular flexibility index (Phi) is 6.41. The molecule has 3 aliphatic rings. The van der Waals surface area contributed by atoms with Crippen molar-refractivity contribution < 1.29 is 35.5 Å². The first-order chi connectivity index (χ1) is 15.4. The molecule has 1 aliphatic heterocycles. The molecular formula is C22H28F4N2O4S. The highest BCUT2D eigenvalue weighted by Gasteiger charge is 2.44. The lowest BCUT2D eigenvalue weighted by Gasteiger charge is -2.37. The predicted molar refractivity (Wildman–Crippen MR) is 113 cm³/mol. The van der Waals surface area contributed by atoms with E-state index in [1.807, 2.05) is 11.6 Å². The molecular weight excluding hydrogens is 464 g/mol. The minimum absolute atomic E-state index is 0.0395. The molecule has 11 heteroatoms. The van der Waals surface area contributed by atoms with Gasteiger partial charge in [0.1, 0.15) is 11.6 Å². The Morgan fingerprint density at radius 1 is 1.18 bits per heavy atom. The smallest absolute Gasteiger partial charge is 0.391 e. The summed E-state index contributed by atoms with van der Waals surface area (Å²) in [6.45, 7) is 2.64. The molecule has 0 atom stereocenters. The van der Waals surface area contributed by atoms with E-state index in [4.69, 9.17) is 4.74 Å². The van der Waals surface area contributed by atoms with E-state index in [-0.39, 0.29) is 36.7 Å². The summed E-state index contributed by atoms with van der Waals surface area (Å²) in [7, 11) is -4.01. The standard InChI is InChI=1S/C22H28F4N2O4S/c1-21(7-5-15(6-8-21)22(24,25)26)13-32-19-12-18(23)17(11-16(19)14-3-4-14)20(29)27-33(30,31)28-9-2-10-28/h11-12,14-15H,2-10,13H2,1H3,(H,27,29). The van der Waals surface area contributed by atoms with Crippen molar-refractivity contribution in [1.82, 2.24) is 9.03 Å². The highest BCUT2D eigenvalue weighted by molar-refractivity contribution is 7.87. The average molecular weight is 493 g/mol. The second-order valence-corrected chi connectivity index (χ2v) is 11.4. The summed E-state index contributed by atoms with van der Waals surface area (Å²) in [4.78, 5) is 12.5. The van der Waals surface area contributed by atoms with Crippen LogP contribution in [0, 0.1) is 17.2 Å². The maximum atomic E-state index is 14.8. The number of carbonyl (C=O) groups is 1. The number of halogens is 4. The van der Waals surface area contributed by atoms with Crippen LogP contribution in [0.15, 0.2) is 12.1 Å².